The maximum atomic E-state index is 12.3. The topological polar surface area (TPSA) is 53.4 Å². The Morgan fingerprint density at radius 1 is 1.36 bits per heavy atom. The first-order valence-corrected chi connectivity index (χ1v) is 8.48. The van der Waals surface area contributed by atoms with E-state index in [1.165, 1.54) is 5.56 Å². The second-order valence-electron chi connectivity index (χ2n) is 5.75. The van der Waals surface area contributed by atoms with Crippen molar-refractivity contribution in [3.05, 3.63) is 52.0 Å². The molecule has 5 heteroatoms. The molecule has 4 nitrogen and oxygen atoms in total. The van der Waals surface area contributed by atoms with Gasteiger partial charge in [-0.1, -0.05) is 30.3 Å². The molecule has 2 aromatic rings. The summed E-state index contributed by atoms with van der Waals surface area (Å²) in [5.41, 5.74) is 2.09. The molecule has 116 valence electrons. The first-order chi connectivity index (χ1) is 10.7. The van der Waals surface area contributed by atoms with Crippen LogP contribution in [0.2, 0.25) is 0 Å². The standard InChI is InChI=1S/C17H20N2O2S/c20-11-14-6-7-19(10-14)17(21)9-15-12-22-16(18-15)8-13-4-2-1-3-5-13/h1-5,12,14,20H,6-11H2. The Balaban J connectivity index is 1.56. The van der Waals surface area contributed by atoms with Crippen molar-refractivity contribution in [1.82, 2.24) is 9.88 Å². The predicted octanol–water partition coefficient (Wildman–Crippen LogP) is 2.12. The Kier molecular flexibility index (Phi) is 4.85. The van der Waals surface area contributed by atoms with Crippen molar-refractivity contribution in [2.75, 3.05) is 19.7 Å². The van der Waals surface area contributed by atoms with Crippen LogP contribution in [0.4, 0.5) is 0 Å². The highest BCUT2D eigenvalue weighted by Crippen LogP contribution is 2.19. The van der Waals surface area contributed by atoms with Crippen molar-refractivity contribution in [2.24, 2.45) is 5.92 Å². The van der Waals surface area contributed by atoms with Crippen molar-refractivity contribution in [1.29, 1.82) is 0 Å². The third kappa shape index (κ3) is 3.72. The van der Waals surface area contributed by atoms with Gasteiger partial charge in [-0.05, 0) is 12.0 Å². The number of hydrogen-bond acceptors (Lipinski definition) is 4. The monoisotopic (exact) mass is 316 g/mol. The molecule has 1 aromatic heterocycles. The molecule has 1 N–H and O–H groups in total. The lowest BCUT2D eigenvalue weighted by Gasteiger charge is -2.15. The second kappa shape index (κ2) is 7.03. The van der Waals surface area contributed by atoms with Gasteiger partial charge in [0.25, 0.3) is 0 Å². The predicted molar refractivity (Wildman–Crippen MR) is 86.8 cm³/mol. The molecule has 1 unspecified atom stereocenters. The molecular weight excluding hydrogens is 296 g/mol. The fourth-order valence-corrected chi connectivity index (χ4v) is 3.58. The first kappa shape index (κ1) is 15.2. The minimum absolute atomic E-state index is 0.118. The van der Waals surface area contributed by atoms with E-state index in [2.05, 4.69) is 17.1 Å². The van der Waals surface area contributed by atoms with E-state index in [1.807, 2.05) is 28.5 Å². The number of rotatable bonds is 5. The van der Waals surface area contributed by atoms with Gasteiger partial charge in [-0.15, -0.1) is 11.3 Å². The molecule has 1 fully saturated rings. The van der Waals surface area contributed by atoms with Gasteiger partial charge in [-0.25, -0.2) is 4.98 Å². The number of nitrogens with zero attached hydrogens (tertiary/aromatic N) is 2. The van der Waals surface area contributed by atoms with Crippen molar-refractivity contribution in [3.8, 4) is 0 Å². The zero-order valence-corrected chi connectivity index (χ0v) is 13.3. The van der Waals surface area contributed by atoms with E-state index in [4.69, 9.17) is 5.11 Å². The Labute approximate surface area is 134 Å². The molecule has 0 aliphatic carbocycles. The van der Waals surface area contributed by atoms with Crippen LogP contribution < -0.4 is 0 Å². The van der Waals surface area contributed by atoms with Crippen LogP contribution in [0.5, 0.6) is 0 Å². The fourth-order valence-electron chi connectivity index (χ4n) is 2.76. The van der Waals surface area contributed by atoms with E-state index in [-0.39, 0.29) is 18.4 Å². The number of carbonyl (C=O) groups is 1. The van der Waals surface area contributed by atoms with Crippen molar-refractivity contribution < 1.29 is 9.90 Å². The largest absolute Gasteiger partial charge is 0.396 e. The average Bonchev–Trinajstić information content (AvgIpc) is 3.17. The maximum Gasteiger partial charge on any atom is 0.228 e. The second-order valence-corrected chi connectivity index (χ2v) is 6.69. The Hall–Kier alpha value is -1.72. The summed E-state index contributed by atoms with van der Waals surface area (Å²) >= 11 is 1.61. The van der Waals surface area contributed by atoms with Crippen molar-refractivity contribution in [2.45, 2.75) is 19.3 Å². The number of aliphatic hydroxyl groups excluding tert-OH is 1. The van der Waals surface area contributed by atoms with Crippen LogP contribution in [-0.4, -0.2) is 40.6 Å². The molecule has 1 atom stereocenters. The van der Waals surface area contributed by atoms with Crippen LogP contribution in [0.25, 0.3) is 0 Å². The molecule has 1 aliphatic heterocycles. The number of hydrogen-bond donors (Lipinski definition) is 1. The molecule has 0 radical (unpaired) electrons. The Morgan fingerprint density at radius 3 is 2.91 bits per heavy atom. The number of likely N-dealkylation sites (tertiary alicyclic amines) is 1. The molecule has 1 amide bonds. The van der Waals surface area contributed by atoms with Gasteiger partial charge in [0.05, 0.1) is 17.1 Å². The molecule has 1 saturated heterocycles. The molecule has 22 heavy (non-hydrogen) atoms. The van der Waals surface area contributed by atoms with Gasteiger partial charge < -0.3 is 10.0 Å². The average molecular weight is 316 g/mol. The number of aromatic nitrogens is 1. The van der Waals surface area contributed by atoms with Crippen LogP contribution in [-0.2, 0) is 17.6 Å². The summed E-state index contributed by atoms with van der Waals surface area (Å²) in [4.78, 5) is 18.7. The van der Waals surface area contributed by atoms with E-state index in [9.17, 15) is 4.79 Å². The summed E-state index contributed by atoms with van der Waals surface area (Å²) in [7, 11) is 0. The smallest absolute Gasteiger partial charge is 0.228 e. The highest BCUT2D eigenvalue weighted by molar-refractivity contribution is 7.09. The van der Waals surface area contributed by atoms with E-state index in [1.54, 1.807) is 11.3 Å². The van der Waals surface area contributed by atoms with Crippen LogP contribution >= 0.6 is 11.3 Å². The van der Waals surface area contributed by atoms with Crippen molar-refractivity contribution >= 4 is 17.2 Å². The summed E-state index contributed by atoms with van der Waals surface area (Å²) in [6.07, 6.45) is 2.08. The van der Waals surface area contributed by atoms with Crippen LogP contribution in [0.1, 0.15) is 22.7 Å². The van der Waals surface area contributed by atoms with Crippen LogP contribution in [0, 0.1) is 5.92 Å². The van der Waals surface area contributed by atoms with Gasteiger partial charge in [0.2, 0.25) is 5.91 Å². The molecule has 2 heterocycles. The van der Waals surface area contributed by atoms with Gasteiger partial charge in [0.1, 0.15) is 0 Å². The molecule has 0 bridgehead atoms. The maximum absolute atomic E-state index is 12.3. The number of thiazole rings is 1. The lowest BCUT2D eigenvalue weighted by Crippen LogP contribution is -2.30. The number of carbonyl (C=O) groups excluding carboxylic acids is 1. The van der Waals surface area contributed by atoms with Crippen LogP contribution in [0.15, 0.2) is 35.7 Å². The number of benzene rings is 1. The lowest BCUT2D eigenvalue weighted by atomic mass is 10.1. The summed E-state index contributed by atoms with van der Waals surface area (Å²) < 4.78 is 0. The fraction of sp³-hybridized carbons (Fsp3) is 0.412. The SMILES string of the molecule is O=C(Cc1csc(Cc2ccccc2)n1)N1CCC(CO)C1. The highest BCUT2D eigenvalue weighted by Gasteiger charge is 2.25. The zero-order valence-electron chi connectivity index (χ0n) is 12.4. The Morgan fingerprint density at radius 2 is 2.18 bits per heavy atom. The minimum Gasteiger partial charge on any atom is -0.396 e. The summed E-state index contributed by atoms with van der Waals surface area (Å²) in [6, 6.07) is 10.2. The lowest BCUT2D eigenvalue weighted by molar-refractivity contribution is -0.129. The van der Waals surface area contributed by atoms with Crippen molar-refractivity contribution in [3.63, 3.8) is 0 Å². The summed E-state index contributed by atoms with van der Waals surface area (Å²) in [5, 5.41) is 12.2. The minimum atomic E-state index is 0.118. The molecule has 3 rings (SSSR count). The third-order valence-corrected chi connectivity index (χ3v) is 4.92. The molecule has 0 saturated carbocycles. The summed E-state index contributed by atoms with van der Waals surface area (Å²) in [6.45, 7) is 1.60. The number of aliphatic hydroxyl groups is 1. The first-order valence-electron chi connectivity index (χ1n) is 7.60. The van der Waals surface area contributed by atoms with Gasteiger partial charge in [0, 0.05) is 37.4 Å². The van der Waals surface area contributed by atoms with Crippen LogP contribution in [0.3, 0.4) is 0 Å². The van der Waals surface area contributed by atoms with Gasteiger partial charge in [-0.3, -0.25) is 4.79 Å². The normalized spacial score (nSPS) is 17.9. The van der Waals surface area contributed by atoms with Gasteiger partial charge in [-0.2, -0.15) is 0 Å². The molecular formula is C17H20N2O2S. The number of amides is 1. The quantitative estimate of drug-likeness (QED) is 0.919. The van der Waals surface area contributed by atoms with E-state index in [0.717, 1.165) is 30.1 Å². The molecule has 0 spiro atoms. The van der Waals surface area contributed by atoms with E-state index >= 15 is 0 Å². The van der Waals surface area contributed by atoms with E-state index in [0.29, 0.717) is 13.0 Å². The zero-order chi connectivity index (χ0) is 15.4. The summed E-state index contributed by atoms with van der Waals surface area (Å²) in [5.74, 6) is 0.362. The van der Waals surface area contributed by atoms with Gasteiger partial charge >= 0.3 is 0 Å². The van der Waals surface area contributed by atoms with E-state index < -0.39 is 0 Å². The molecule has 1 aliphatic rings. The highest BCUT2D eigenvalue weighted by atomic mass is 32.1. The van der Waals surface area contributed by atoms with Gasteiger partial charge in [0.15, 0.2) is 0 Å². The Bertz CT molecular complexity index is 627. The molecule has 1 aromatic carbocycles. The third-order valence-electron chi connectivity index (χ3n) is 4.03.